The van der Waals surface area contributed by atoms with Gasteiger partial charge in [0.2, 0.25) is 5.91 Å². The number of thiocarbonyl (C=S) groups is 1. The van der Waals surface area contributed by atoms with Crippen LogP contribution in [-0.4, -0.2) is 17.4 Å². The molecular weight excluding hydrogens is 244 g/mol. The van der Waals surface area contributed by atoms with Crippen LogP contribution in [0.3, 0.4) is 0 Å². The first-order chi connectivity index (χ1) is 8.32. The van der Waals surface area contributed by atoms with Crippen LogP contribution in [0.5, 0.6) is 0 Å². The van der Waals surface area contributed by atoms with E-state index in [0.29, 0.717) is 22.2 Å². The van der Waals surface area contributed by atoms with Crippen LogP contribution in [0.1, 0.15) is 46.5 Å². The van der Waals surface area contributed by atoms with Gasteiger partial charge < -0.3 is 11.1 Å². The third-order valence-corrected chi connectivity index (χ3v) is 5.41. The molecule has 0 heterocycles. The van der Waals surface area contributed by atoms with Crippen LogP contribution in [0.25, 0.3) is 0 Å². The van der Waals surface area contributed by atoms with E-state index >= 15 is 0 Å². The second kappa shape index (κ2) is 4.48. The largest absolute Gasteiger partial charge is 0.392 e. The van der Waals surface area contributed by atoms with Crippen molar-refractivity contribution >= 4 is 23.1 Å². The molecule has 0 saturated heterocycles. The SMILES string of the molecule is CC1CC(C(=O)NCC2(C(C)C)CC2)(C(N)=S)C1. The summed E-state index contributed by atoms with van der Waals surface area (Å²) in [5, 5.41) is 3.11. The van der Waals surface area contributed by atoms with Gasteiger partial charge >= 0.3 is 0 Å². The fourth-order valence-electron chi connectivity index (χ4n) is 3.17. The summed E-state index contributed by atoms with van der Waals surface area (Å²) in [6, 6.07) is 0. The van der Waals surface area contributed by atoms with Crippen LogP contribution >= 0.6 is 12.2 Å². The summed E-state index contributed by atoms with van der Waals surface area (Å²) in [5.74, 6) is 1.23. The van der Waals surface area contributed by atoms with Gasteiger partial charge in [0.25, 0.3) is 0 Å². The quantitative estimate of drug-likeness (QED) is 0.752. The molecule has 0 aromatic heterocycles. The molecule has 0 aromatic rings. The summed E-state index contributed by atoms with van der Waals surface area (Å²) in [6.07, 6.45) is 4.06. The standard InChI is InChI=1S/C14H24N2OS/c1-9(2)13(4-5-13)8-16-12(17)14(11(15)18)6-10(3)7-14/h9-10H,4-8H2,1-3H3,(H2,15,18)(H,16,17). The van der Waals surface area contributed by atoms with Gasteiger partial charge in [0.15, 0.2) is 0 Å². The van der Waals surface area contributed by atoms with E-state index in [1.165, 1.54) is 12.8 Å². The average Bonchev–Trinajstić information content (AvgIpc) is 3.01. The Morgan fingerprint density at radius 1 is 1.44 bits per heavy atom. The highest BCUT2D eigenvalue weighted by Gasteiger charge is 2.52. The summed E-state index contributed by atoms with van der Waals surface area (Å²) in [7, 11) is 0. The van der Waals surface area contributed by atoms with Crippen molar-refractivity contribution < 1.29 is 4.79 Å². The molecule has 0 spiro atoms. The highest BCUT2D eigenvalue weighted by atomic mass is 32.1. The van der Waals surface area contributed by atoms with E-state index in [9.17, 15) is 4.79 Å². The van der Waals surface area contributed by atoms with Crippen LogP contribution in [0.15, 0.2) is 0 Å². The Morgan fingerprint density at radius 3 is 2.33 bits per heavy atom. The van der Waals surface area contributed by atoms with E-state index in [-0.39, 0.29) is 5.91 Å². The number of carbonyl (C=O) groups excluding carboxylic acids is 1. The number of nitrogens with one attached hydrogen (secondary N) is 1. The molecule has 3 N–H and O–H groups in total. The van der Waals surface area contributed by atoms with Gasteiger partial charge in [-0.3, -0.25) is 4.79 Å². The van der Waals surface area contributed by atoms with E-state index in [1.54, 1.807) is 0 Å². The van der Waals surface area contributed by atoms with E-state index < -0.39 is 5.41 Å². The molecule has 2 aliphatic rings. The fourth-order valence-corrected chi connectivity index (χ4v) is 3.43. The Kier molecular flexibility index (Phi) is 3.43. The van der Waals surface area contributed by atoms with Crippen LogP contribution < -0.4 is 11.1 Å². The Morgan fingerprint density at radius 2 is 2.00 bits per heavy atom. The first-order valence-electron chi connectivity index (χ1n) is 6.91. The van der Waals surface area contributed by atoms with Crippen LogP contribution in [0.4, 0.5) is 0 Å². The summed E-state index contributed by atoms with van der Waals surface area (Å²) in [4.78, 5) is 12.7. The highest BCUT2D eigenvalue weighted by Crippen LogP contribution is 2.52. The molecule has 0 unspecified atom stereocenters. The number of nitrogens with two attached hydrogens (primary N) is 1. The summed E-state index contributed by atoms with van der Waals surface area (Å²) in [6.45, 7) is 7.38. The van der Waals surface area contributed by atoms with Gasteiger partial charge in [-0.1, -0.05) is 33.0 Å². The van der Waals surface area contributed by atoms with Crippen molar-refractivity contribution in [3.8, 4) is 0 Å². The van der Waals surface area contributed by atoms with Crippen molar-refractivity contribution in [3.05, 3.63) is 0 Å². The monoisotopic (exact) mass is 268 g/mol. The Bertz CT molecular complexity index is 368. The maximum Gasteiger partial charge on any atom is 0.233 e. The predicted octanol–water partition coefficient (Wildman–Crippen LogP) is 2.24. The minimum atomic E-state index is -0.554. The molecule has 2 aliphatic carbocycles. The first kappa shape index (κ1) is 13.8. The number of hydrogen-bond acceptors (Lipinski definition) is 2. The molecule has 1 amide bonds. The minimum absolute atomic E-state index is 0.0556. The maximum atomic E-state index is 12.4. The molecule has 3 nitrogen and oxygen atoms in total. The Hall–Kier alpha value is -0.640. The zero-order valence-electron chi connectivity index (χ0n) is 11.6. The molecular formula is C14H24N2OS. The third-order valence-electron chi connectivity index (χ3n) is 5.02. The van der Waals surface area contributed by atoms with Crippen molar-refractivity contribution in [1.82, 2.24) is 5.32 Å². The molecule has 0 aliphatic heterocycles. The third kappa shape index (κ3) is 2.15. The van der Waals surface area contributed by atoms with Gasteiger partial charge in [0.1, 0.15) is 0 Å². The normalized spacial score (nSPS) is 32.8. The lowest BCUT2D eigenvalue weighted by atomic mass is 9.62. The summed E-state index contributed by atoms with van der Waals surface area (Å²) in [5.41, 5.74) is 5.56. The molecule has 0 aromatic carbocycles. The fraction of sp³-hybridized carbons (Fsp3) is 0.857. The Balaban J connectivity index is 1.94. The lowest BCUT2D eigenvalue weighted by Gasteiger charge is -2.44. The van der Waals surface area contributed by atoms with Gasteiger partial charge in [-0.25, -0.2) is 0 Å². The lowest BCUT2D eigenvalue weighted by molar-refractivity contribution is -0.133. The van der Waals surface area contributed by atoms with Gasteiger partial charge in [0.05, 0.1) is 10.4 Å². The topological polar surface area (TPSA) is 55.1 Å². The Labute approximate surface area is 115 Å². The van der Waals surface area contributed by atoms with Gasteiger partial charge in [-0.15, -0.1) is 0 Å². The van der Waals surface area contributed by atoms with E-state index in [1.807, 2.05) is 0 Å². The molecule has 2 fully saturated rings. The van der Waals surface area contributed by atoms with Crippen molar-refractivity contribution in [2.45, 2.75) is 46.5 Å². The zero-order chi connectivity index (χ0) is 13.6. The molecule has 0 radical (unpaired) electrons. The predicted molar refractivity (Wildman–Crippen MR) is 77.1 cm³/mol. The molecule has 2 saturated carbocycles. The maximum absolute atomic E-state index is 12.4. The molecule has 4 heteroatoms. The van der Waals surface area contributed by atoms with E-state index in [0.717, 1.165) is 19.4 Å². The highest BCUT2D eigenvalue weighted by molar-refractivity contribution is 7.80. The van der Waals surface area contributed by atoms with Crippen molar-refractivity contribution in [2.24, 2.45) is 28.4 Å². The number of amides is 1. The van der Waals surface area contributed by atoms with Crippen molar-refractivity contribution in [1.29, 1.82) is 0 Å². The van der Waals surface area contributed by atoms with Gasteiger partial charge in [-0.05, 0) is 42.9 Å². The van der Waals surface area contributed by atoms with Gasteiger partial charge in [-0.2, -0.15) is 0 Å². The van der Waals surface area contributed by atoms with Crippen molar-refractivity contribution in [2.75, 3.05) is 6.54 Å². The number of carbonyl (C=O) groups is 1. The molecule has 102 valence electrons. The number of hydrogen-bond donors (Lipinski definition) is 2. The molecule has 0 atom stereocenters. The first-order valence-corrected chi connectivity index (χ1v) is 7.31. The summed E-state index contributed by atoms with van der Waals surface area (Å²) >= 11 is 5.10. The molecule has 2 rings (SSSR count). The lowest BCUT2D eigenvalue weighted by Crippen LogP contribution is -2.56. The van der Waals surface area contributed by atoms with E-state index in [2.05, 4.69) is 26.1 Å². The van der Waals surface area contributed by atoms with Crippen LogP contribution in [0, 0.1) is 22.7 Å². The molecule has 0 bridgehead atoms. The van der Waals surface area contributed by atoms with Gasteiger partial charge in [0, 0.05) is 6.54 Å². The smallest absolute Gasteiger partial charge is 0.233 e. The van der Waals surface area contributed by atoms with E-state index in [4.69, 9.17) is 18.0 Å². The second-order valence-corrected chi connectivity index (χ2v) is 7.10. The van der Waals surface area contributed by atoms with Crippen LogP contribution in [0.2, 0.25) is 0 Å². The molecule has 18 heavy (non-hydrogen) atoms. The minimum Gasteiger partial charge on any atom is -0.392 e. The van der Waals surface area contributed by atoms with Crippen LogP contribution in [-0.2, 0) is 4.79 Å². The second-order valence-electron chi connectivity index (χ2n) is 6.66. The summed E-state index contributed by atoms with van der Waals surface area (Å²) < 4.78 is 0. The average molecular weight is 268 g/mol. The van der Waals surface area contributed by atoms with Crippen molar-refractivity contribution in [3.63, 3.8) is 0 Å². The zero-order valence-corrected chi connectivity index (χ0v) is 12.4. The number of rotatable bonds is 5.